The molecule has 114 valence electrons. The maximum Gasteiger partial charge on any atom is 0.228 e. The van der Waals surface area contributed by atoms with E-state index in [-0.39, 0.29) is 11.3 Å². The van der Waals surface area contributed by atoms with Gasteiger partial charge in [-0.2, -0.15) is 0 Å². The summed E-state index contributed by atoms with van der Waals surface area (Å²) in [6.45, 7) is 0. The highest BCUT2D eigenvalue weighted by Crippen LogP contribution is 2.40. The molecule has 0 bridgehead atoms. The molecule has 4 heteroatoms. The molecule has 2 nitrogen and oxygen atoms in total. The summed E-state index contributed by atoms with van der Waals surface area (Å²) in [4.78, 5) is 11.5. The van der Waals surface area contributed by atoms with E-state index in [1.807, 2.05) is 12.1 Å². The van der Waals surface area contributed by atoms with Crippen LogP contribution in [0, 0.1) is 5.92 Å². The molecule has 1 aromatic rings. The highest BCUT2D eigenvalue weighted by Gasteiger charge is 2.24. The molecule has 1 aliphatic carbocycles. The Morgan fingerprint density at radius 3 is 2.62 bits per heavy atom. The van der Waals surface area contributed by atoms with E-state index in [9.17, 15) is 4.79 Å². The van der Waals surface area contributed by atoms with Crippen LogP contribution >= 0.6 is 23.2 Å². The first-order chi connectivity index (χ1) is 10.1. The summed E-state index contributed by atoms with van der Waals surface area (Å²) in [5.74, 6) is 0.743. The Hall–Kier alpha value is -0.730. The minimum absolute atomic E-state index is 0.0353. The standard InChI is InChI=1S/C17H21Cl2NO/c18-14(7-11-5-3-1-2-4-6-11)13-8-12-9-17(21)20-16(12)10-15(13)19/h8,10-11,14H,1-7,9H2,(H,20,21). The molecule has 1 aromatic carbocycles. The van der Waals surface area contributed by atoms with Crippen LogP contribution in [0.5, 0.6) is 0 Å². The molecule has 1 fully saturated rings. The van der Waals surface area contributed by atoms with Gasteiger partial charge in [0.05, 0.1) is 11.8 Å². The monoisotopic (exact) mass is 325 g/mol. The summed E-state index contributed by atoms with van der Waals surface area (Å²) >= 11 is 13.0. The Labute approximate surface area is 136 Å². The fourth-order valence-corrected chi connectivity index (χ4v) is 4.31. The van der Waals surface area contributed by atoms with Gasteiger partial charge in [0.2, 0.25) is 5.91 Å². The summed E-state index contributed by atoms with van der Waals surface area (Å²) in [7, 11) is 0. The minimum Gasteiger partial charge on any atom is -0.325 e. The molecule has 1 amide bonds. The van der Waals surface area contributed by atoms with Gasteiger partial charge in [0.15, 0.2) is 0 Å². The Morgan fingerprint density at radius 1 is 1.19 bits per heavy atom. The lowest BCUT2D eigenvalue weighted by Crippen LogP contribution is -2.04. The van der Waals surface area contributed by atoms with E-state index in [2.05, 4.69) is 5.32 Å². The lowest BCUT2D eigenvalue weighted by Gasteiger charge is -2.19. The molecule has 0 aromatic heterocycles. The molecule has 1 N–H and O–H groups in total. The van der Waals surface area contributed by atoms with Gasteiger partial charge in [-0.25, -0.2) is 0 Å². The van der Waals surface area contributed by atoms with Crippen LogP contribution in [0.25, 0.3) is 0 Å². The van der Waals surface area contributed by atoms with Crippen molar-refractivity contribution < 1.29 is 4.79 Å². The van der Waals surface area contributed by atoms with E-state index in [1.165, 1.54) is 38.5 Å². The van der Waals surface area contributed by atoms with E-state index >= 15 is 0 Å². The second-order valence-electron chi connectivity index (χ2n) is 6.32. The number of carbonyl (C=O) groups excluding carboxylic acids is 1. The van der Waals surface area contributed by atoms with Gasteiger partial charge in [-0.05, 0) is 29.5 Å². The predicted octanol–water partition coefficient (Wildman–Crippen LogP) is 5.48. The van der Waals surface area contributed by atoms with Crippen LogP contribution in [0.4, 0.5) is 5.69 Å². The molecular weight excluding hydrogens is 305 g/mol. The van der Waals surface area contributed by atoms with E-state index < -0.39 is 0 Å². The maximum absolute atomic E-state index is 11.5. The van der Waals surface area contributed by atoms with Gasteiger partial charge in [0, 0.05) is 10.7 Å². The van der Waals surface area contributed by atoms with E-state index in [0.717, 1.165) is 23.2 Å². The van der Waals surface area contributed by atoms with Gasteiger partial charge < -0.3 is 5.32 Å². The first kappa shape index (κ1) is 15.2. The third-order valence-corrected chi connectivity index (χ3v) is 5.44. The third-order valence-electron chi connectivity index (χ3n) is 4.70. The number of hydrogen-bond acceptors (Lipinski definition) is 1. The largest absolute Gasteiger partial charge is 0.325 e. The molecule has 1 atom stereocenters. The Balaban J connectivity index is 1.73. The zero-order valence-corrected chi connectivity index (χ0v) is 13.6. The van der Waals surface area contributed by atoms with Gasteiger partial charge in [-0.1, -0.05) is 56.2 Å². The van der Waals surface area contributed by atoms with Crippen molar-refractivity contribution in [3.63, 3.8) is 0 Å². The third kappa shape index (κ3) is 3.54. The number of nitrogens with one attached hydrogen (secondary N) is 1. The second kappa shape index (κ2) is 6.58. The van der Waals surface area contributed by atoms with Crippen molar-refractivity contribution in [2.24, 2.45) is 5.92 Å². The van der Waals surface area contributed by atoms with Crippen molar-refractivity contribution in [3.05, 3.63) is 28.3 Å². The Morgan fingerprint density at radius 2 is 1.90 bits per heavy atom. The molecule has 3 rings (SSSR count). The van der Waals surface area contributed by atoms with Gasteiger partial charge >= 0.3 is 0 Å². The molecule has 1 aliphatic heterocycles. The molecule has 0 saturated heterocycles. The molecule has 0 spiro atoms. The number of halogens is 2. The first-order valence-corrected chi connectivity index (χ1v) is 8.71. The second-order valence-corrected chi connectivity index (χ2v) is 7.25. The number of anilines is 1. The average Bonchev–Trinajstić information content (AvgIpc) is 2.63. The van der Waals surface area contributed by atoms with Crippen LogP contribution < -0.4 is 5.32 Å². The predicted molar refractivity (Wildman–Crippen MR) is 88.2 cm³/mol. The number of fused-ring (bicyclic) bond motifs is 1. The molecule has 0 radical (unpaired) electrons. The van der Waals surface area contributed by atoms with Crippen LogP contribution in [0.2, 0.25) is 5.02 Å². The lowest BCUT2D eigenvalue weighted by molar-refractivity contribution is -0.115. The lowest BCUT2D eigenvalue weighted by atomic mass is 9.92. The van der Waals surface area contributed by atoms with Crippen LogP contribution in [-0.4, -0.2) is 5.91 Å². The topological polar surface area (TPSA) is 29.1 Å². The number of benzene rings is 1. The fourth-order valence-electron chi connectivity index (χ4n) is 3.53. The normalized spacial score (nSPS) is 20.8. The average molecular weight is 326 g/mol. The van der Waals surface area contributed by atoms with Gasteiger partial charge in [-0.15, -0.1) is 11.6 Å². The molecule has 1 saturated carbocycles. The van der Waals surface area contributed by atoms with E-state index in [0.29, 0.717) is 17.4 Å². The number of carbonyl (C=O) groups is 1. The van der Waals surface area contributed by atoms with Gasteiger partial charge in [0.25, 0.3) is 0 Å². The fraction of sp³-hybridized carbons (Fsp3) is 0.588. The van der Waals surface area contributed by atoms with Crippen molar-refractivity contribution in [2.75, 3.05) is 5.32 Å². The van der Waals surface area contributed by atoms with Gasteiger partial charge in [-0.3, -0.25) is 4.79 Å². The van der Waals surface area contributed by atoms with E-state index in [4.69, 9.17) is 23.2 Å². The number of alkyl halides is 1. The highest BCUT2D eigenvalue weighted by atomic mass is 35.5. The molecular formula is C17H21Cl2NO. The highest BCUT2D eigenvalue weighted by molar-refractivity contribution is 6.33. The van der Waals surface area contributed by atoms with Crippen molar-refractivity contribution in [1.82, 2.24) is 0 Å². The van der Waals surface area contributed by atoms with E-state index in [1.54, 1.807) is 0 Å². The number of hydrogen-bond donors (Lipinski definition) is 1. The van der Waals surface area contributed by atoms with Crippen LogP contribution in [-0.2, 0) is 11.2 Å². The van der Waals surface area contributed by atoms with Crippen molar-refractivity contribution in [1.29, 1.82) is 0 Å². The first-order valence-electron chi connectivity index (χ1n) is 7.89. The summed E-state index contributed by atoms with van der Waals surface area (Å²) < 4.78 is 0. The SMILES string of the molecule is O=C1Cc2cc(C(Cl)CC3CCCCCC3)c(Cl)cc2N1. The van der Waals surface area contributed by atoms with Crippen LogP contribution in [0.1, 0.15) is 61.4 Å². The zero-order chi connectivity index (χ0) is 14.8. The Bertz CT molecular complexity index is 536. The summed E-state index contributed by atoms with van der Waals surface area (Å²) in [6.07, 6.45) is 9.36. The maximum atomic E-state index is 11.5. The van der Waals surface area contributed by atoms with Crippen molar-refractivity contribution in [3.8, 4) is 0 Å². The van der Waals surface area contributed by atoms with Crippen LogP contribution in [0.3, 0.4) is 0 Å². The summed E-state index contributed by atoms with van der Waals surface area (Å²) in [5, 5.41) is 3.44. The quantitative estimate of drug-likeness (QED) is 0.579. The number of rotatable bonds is 3. The number of amides is 1. The molecule has 21 heavy (non-hydrogen) atoms. The van der Waals surface area contributed by atoms with Crippen LogP contribution in [0.15, 0.2) is 12.1 Å². The van der Waals surface area contributed by atoms with Gasteiger partial charge in [0.1, 0.15) is 0 Å². The molecule has 1 unspecified atom stereocenters. The zero-order valence-electron chi connectivity index (χ0n) is 12.1. The van der Waals surface area contributed by atoms with Crippen molar-refractivity contribution >= 4 is 34.8 Å². The van der Waals surface area contributed by atoms with Crippen molar-refractivity contribution in [2.45, 2.75) is 56.7 Å². The molecule has 1 heterocycles. The Kier molecular flexibility index (Phi) is 4.75. The smallest absolute Gasteiger partial charge is 0.228 e. The summed E-state index contributed by atoms with van der Waals surface area (Å²) in [5.41, 5.74) is 2.84. The minimum atomic E-state index is -0.0541. The molecule has 2 aliphatic rings. The summed E-state index contributed by atoms with van der Waals surface area (Å²) in [6, 6.07) is 3.86.